The number of ether oxygens (including phenoxy) is 1. The fraction of sp³-hybridized carbons (Fsp3) is 0.353. The molecule has 1 saturated heterocycles. The highest BCUT2D eigenvalue weighted by Crippen LogP contribution is 2.26. The molecule has 25 heavy (non-hydrogen) atoms. The van der Waals surface area contributed by atoms with Crippen LogP contribution in [0.1, 0.15) is 22.5 Å². The van der Waals surface area contributed by atoms with E-state index in [-0.39, 0.29) is 11.9 Å². The zero-order valence-electron chi connectivity index (χ0n) is 13.6. The van der Waals surface area contributed by atoms with Crippen molar-refractivity contribution in [1.82, 2.24) is 19.9 Å². The molecule has 3 N–H and O–H groups in total. The number of hydrogen-bond acceptors (Lipinski definition) is 6. The van der Waals surface area contributed by atoms with Crippen LogP contribution in [0.2, 0.25) is 0 Å². The van der Waals surface area contributed by atoms with Crippen molar-refractivity contribution in [2.75, 3.05) is 25.5 Å². The zero-order chi connectivity index (χ0) is 17.2. The number of rotatable bonds is 4. The second-order valence-corrected chi connectivity index (χ2v) is 7.09. The Morgan fingerprint density at radius 1 is 1.44 bits per heavy atom. The summed E-state index contributed by atoms with van der Waals surface area (Å²) in [4.78, 5) is 17.2. The molecular weight excluding hydrogens is 338 g/mol. The fourth-order valence-corrected chi connectivity index (χ4v) is 3.80. The third-order valence-electron chi connectivity index (χ3n) is 4.31. The molecule has 0 bridgehead atoms. The Morgan fingerprint density at radius 3 is 3.20 bits per heavy atom. The Morgan fingerprint density at radius 2 is 2.36 bits per heavy atom. The third-order valence-corrected chi connectivity index (χ3v) is 5.24. The number of anilines is 1. The molecule has 1 atom stereocenters. The first kappa shape index (κ1) is 16.0. The summed E-state index contributed by atoms with van der Waals surface area (Å²) in [6, 6.07) is 5.71. The van der Waals surface area contributed by atoms with E-state index in [0.717, 1.165) is 37.2 Å². The number of hydrogen-bond donors (Lipinski definition) is 2. The van der Waals surface area contributed by atoms with Crippen molar-refractivity contribution in [3.05, 3.63) is 34.7 Å². The lowest BCUT2D eigenvalue weighted by Gasteiger charge is -2.21. The van der Waals surface area contributed by atoms with E-state index in [1.807, 2.05) is 29.8 Å². The molecule has 4 rings (SSSR count). The monoisotopic (exact) mass is 357 g/mol. The van der Waals surface area contributed by atoms with Gasteiger partial charge < -0.3 is 15.8 Å². The van der Waals surface area contributed by atoms with Gasteiger partial charge in [0, 0.05) is 24.9 Å². The number of amides is 1. The maximum Gasteiger partial charge on any atom is 0.261 e. The predicted octanol–water partition coefficient (Wildman–Crippen LogP) is 2.20. The molecule has 0 aromatic carbocycles. The maximum atomic E-state index is 12.4. The Kier molecular flexibility index (Phi) is 4.37. The average Bonchev–Trinajstić information content (AvgIpc) is 3.25. The van der Waals surface area contributed by atoms with Gasteiger partial charge in [0.15, 0.2) is 5.65 Å². The second-order valence-electron chi connectivity index (χ2n) is 6.18. The van der Waals surface area contributed by atoms with Crippen LogP contribution in [0.4, 0.5) is 5.95 Å². The molecule has 3 aromatic rings. The van der Waals surface area contributed by atoms with Crippen LogP contribution in [0, 0.1) is 5.92 Å². The van der Waals surface area contributed by atoms with Crippen molar-refractivity contribution in [2.45, 2.75) is 12.8 Å². The van der Waals surface area contributed by atoms with Crippen molar-refractivity contribution in [3.8, 4) is 11.1 Å². The van der Waals surface area contributed by atoms with Gasteiger partial charge in [0.1, 0.15) is 0 Å². The molecule has 8 heteroatoms. The summed E-state index contributed by atoms with van der Waals surface area (Å²) in [6.07, 6.45) is 4.04. The van der Waals surface area contributed by atoms with Crippen molar-refractivity contribution in [2.24, 2.45) is 5.92 Å². The number of nitrogens with zero attached hydrogens (tertiary/aromatic N) is 3. The van der Waals surface area contributed by atoms with Gasteiger partial charge in [-0.15, -0.1) is 16.4 Å². The van der Waals surface area contributed by atoms with Crippen molar-refractivity contribution in [3.63, 3.8) is 0 Å². The number of nitrogens with one attached hydrogen (secondary N) is 1. The highest BCUT2D eigenvalue weighted by molar-refractivity contribution is 7.12. The molecule has 3 aromatic heterocycles. The first-order chi connectivity index (χ1) is 12.2. The minimum atomic E-state index is -0.0344. The van der Waals surface area contributed by atoms with E-state index in [1.165, 1.54) is 11.3 Å². The van der Waals surface area contributed by atoms with E-state index in [4.69, 9.17) is 10.5 Å². The van der Waals surface area contributed by atoms with Gasteiger partial charge in [0.05, 0.1) is 11.5 Å². The highest BCUT2D eigenvalue weighted by Gasteiger charge is 2.16. The van der Waals surface area contributed by atoms with Crippen molar-refractivity contribution < 1.29 is 9.53 Å². The van der Waals surface area contributed by atoms with Crippen LogP contribution < -0.4 is 11.1 Å². The number of thiophene rings is 1. The number of carbonyl (C=O) groups excluding carboxylic acids is 1. The van der Waals surface area contributed by atoms with Gasteiger partial charge in [-0.25, -0.2) is 4.52 Å². The van der Waals surface area contributed by atoms with Gasteiger partial charge >= 0.3 is 0 Å². The maximum absolute atomic E-state index is 12.4. The summed E-state index contributed by atoms with van der Waals surface area (Å²) in [5, 5.41) is 9.10. The standard InChI is InChI=1S/C17H19N5O2S/c18-17-20-15-4-3-12(8-22(15)21-17)13-6-14(25-10-13)16(23)19-7-11-2-1-5-24-9-11/h3-4,6,8,10-11H,1-2,5,7,9H2,(H2,18,21)(H,19,23). The predicted molar refractivity (Wildman–Crippen MR) is 96.6 cm³/mol. The highest BCUT2D eigenvalue weighted by atomic mass is 32.1. The summed E-state index contributed by atoms with van der Waals surface area (Å²) >= 11 is 1.44. The molecule has 4 heterocycles. The lowest BCUT2D eigenvalue weighted by atomic mass is 10.0. The number of pyridine rings is 1. The summed E-state index contributed by atoms with van der Waals surface area (Å²) in [5.74, 6) is 0.624. The fourth-order valence-electron chi connectivity index (χ4n) is 2.97. The quantitative estimate of drug-likeness (QED) is 0.746. The Labute approximate surface area is 148 Å². The van der Waals surface area contributed by atoms with Gasteiger partial charge in [0.25, 0.3) is 5.91 Å². The molecule has 0 saturated carbocycles. The number of carbonyl (C=O) groups is 1. The van der Waals surface area contributed by atoms with Crippen LogP contribution in [-0.2, 0) is 4.74 Å². The molecule has 0 aliphatic carbocycles. The van der Waals surface area contributed by atoms with E-state index < -0.39 is 0 Å². The van der Waals surface area contributed by atoms with Crippen LogP contribution in [0.3, 0.4) is 0 Å². The number of nitrogen functional groups attached to an aromatic ring is 1. The molecule has 1 aliphatic heterocycles. The van der Waals surface area contributed by atoms with Crippen LogP contribution >= 0.6 is 11.3 Å². The van der Waals surface area contributed by atoms with Gasteiger partial charge in [-0.3, -0.25) is 4.79 Å². The molecule has 0 spiro atoms. The summed E-state index contributed by atoms with van der Waals surface area (Å²) in [6.45, 7) is 2.23. The van der Waals surface area contributed by atoms with Gasteiger partial charge in [0.2, 0.25) is 5.95 Å². The first-order valence-electron chi connectivity index (χ1n) is 8.26. The molecule has 1 unspecified atom stereocenters. The molecule has 1 aliphatic rings. The van der Waals surface area contributed by atoms with Crippen LogP contribution in [0.5, 0.6) is 0 Å². The van der Waals surface area contributed by atoms with Gasteiger partial charge in [-0.2, -0.15) is 4.98 Å². The van der Waals surface area contributed by atoms with E-state index in [0.29, 0.717) is 23.0 Å². The SMILES string of the molecule is Nc1nc2ccc(-c3csc(C(=O)NCC4CCCOC4)c3)cn2n1. The van der Waals surface area contributed by atoms with Gasteiger partial charge in [-0.05, 0) is 47.9 Å². The topological polar surface area (TPSA) is 94.5 Å². The summed E-state index contributed by atoms with van der Waals surface area (Å²) in [7, 11) is 0. The minimum Gasteiger partial charge on any atom is -0.381 e. The second kappa shape index (κ2) is 6.81. The Balaban J connectivity index is 1.45. The van der Waals surface area contributed by atoms with Crippen LogP contribution in [0.15, 0.2) is 29.8 Å². The van der Waals surface area contributed by atoms with Crippen LogP contribution in [-0.4, -0.2) is 40.3 Å². The van der Waals surface area contributed by atoms with Gasteiger partial charge in [-0.1, -0.05) is 0 Å². The smallest absolute Gasteiger partial charge is 0.261 e. The molecule has 1 fully saturated rings. The van der Waals surface area contributed by atoms with Crippen molar-refractivity contribution in [1.29, 1.82) is 0 Å². The summed E-state index contributed by atoms with van der Waals surface area (Å²) in [5.41, 5.74) is 8.26. The lowest BCUT2D eigenvalue weighted by Crippen LogP contribution is -2.32. The molecule has 7 nitrogen and oxygen atoms in total. The van der Waals surface area contributed by atoms with Crippen molar-refractivity contribution >= 4 is 28.8 Å². The van der Waals surface area contributed by atoms with E-state index in [9.17, 15) is 4.79 Å². The largest absolute Gasteiger partial charge is 0.381 e. The summed E-state index contributed by atoms with van der Waals surface area (Å²) < 4.78 is 7.09. The Bertz CT molecular complexity index is 897. The molecule has 0 radical (unpaired) electrons. The molecular formula is C17H19N5O2S. The number of fused-ring (bicyclic) bond motifs is 1. The molecule has 130 valence electrons. The van der Waals surface area contributed by atoms with E-state index in [2.05, 4.69) is 15.4 Å². The number of nitrogens with two attached hydrogens (primary N) is 1. The normalized spacial score (nSPS) is 17.7. The minimum absolute atomic E-state index is 0.0344. The van der Waals surface area contributed by atoms with E-state index in [1.54, 1.807) is 4.52 Å². The van der Waals surface area contributed by atoms with Crippen LogP contribution in [0.25, 0.3) is 16.8 Å². The first-order valence-corrected chi connectivity index (χ1v) is 9.14. The van der Waals surface area contributed by atoms with E-state index >= 15 is 0 Å². The lowest BCUT2D eigenvalue weighted by molar-refractivity contribution is 0.0536. The molecule has 1 amide bonds. The Hall–Kier alpha value is -2.45. The average molecular weight is 357 g/mol. The number of aromatic nitrogens is 3. The third kappa shape index (κ3) is 3.49. The zero-order valence-corrected chi connectivity index (χ0v) is 14.5.